The topological polar surface area (TPSA) is 59.2 Å². The van der Waals surface area contributed by atoms with Crippen molar-refractivity contribution in [2.75, 3.05) is 13.1 Å². The molecule has 3 heterocycles. The van der Waals surface area contributed by atoms with Gasteiger partial charge in [0.25, 0.3) is 11.8 Å². The Hall–Kier alpha value is -2.54. The van der Waals surface area contributed by atoms with Gasteiger partial charge in [0.15, 0.2) is 0 Å². The van der Waals surface area contributed by atoms with Gasteiger partial charge in [-0.05, 0) is 42.5 Å². The molecule has 1 aliphatic rings. The Kier molecular flexibility index (Phi) is 4.31. The first-order chi connectivity index (χ1) is 12.2. The summed E-state index contributed by atoms with van der Waals surface area (Å²) in [5.41, 5.74) is 0.366. The Morgan fingerprint density at radius 1 is 1.28 bits per heavy atom. The van der Waals surface area contributed by atoms with Crippen LogP contribution in [0.4, 0.5) is 4.39 Å². The first-order valence-corrected chi connectivity index (χ1v) is 9.01. The average Bonchev–Trinajstić information content (AvgIpc) is 3.32. The van der Waals surface area contributed by atoms with E-state index in [0.717, 1.165) is 17.7 Å². The van der Waals surface area contributed by atoms with Crippen LogP contribution in [-0.2, 0) is 0 Å². The summed E-state index contributed by atoms with van der Waals surface area (Å²) >= 11 is 1.54. The van der Waals surface area contributed by atoms with Crippen molar-refractivity contribution in [3.05, 3.63) is 59.0 Å². The zero-order valence-corrected chi connectivity index (χ0v) is 14.2. The minimum Gasteiger partial charge on any atom is -0.420 e. The van der Waals surface area contributed by atoms with Gasteiger partial charge in [-0.3, -0.25) is 4.79 Å². The number of likely N-dealkylation sites (tertiary alicyclic amines) is 1. The number of thiophene rings is 1. The second kappa shape index (κ2) is 6.76. The highest BCUT2D eigenvalue weighted by molar-refractivity contribution is 7.13. The van der Waals surface area contributed by atoms with Crippen LogP contribution in [0.15, 0.2) is 46.2 Å². The molecule has 128 valence electrons. The van der Waals surface area contributed by atoms with Crippen molar-refractivity contribution in [1.82, 2.24) is 15.1 Å². The quantitative estimate of drug-likeness (QED) is 0.712. The third-order valence-corrected chi connectivity index (χ3v) is 5.16. The molecule has 0 aliphatic carbocycles. The maximum atomic E-state index is 13.4. The number of aromatic nitrogens is 2. The van der Waals surface area contributed by atoms with Crippen LogP contribution in [0.1, 0.15) is 35.0 Å². The third-order valence-electron chi connectivity index (χ3n) is 4.30. The Morgan fingerprint density at radius 3 is 3.00 bits per heavy atom. The lowest BCUT2D eigenvalue weighted by Crippen LogP contribution is -2.39. The molecular formula is C18H16FN3O2S. The zero-order chi connectivity index (χ0) is 17.2. The molecule has 1 fully saturated rings. The summed E-state index contributed by atoms with van der Waals surface area (Å²) in [4.78, 5) is 15.3. The third kappa shape index (κ3) is 3.32. The molecule has 0 radical (unpaired) electrons. The maximum absolute atomic E-state index is 13.4. The smallest absolute Gasteiger partial charge is 0.257 e. The van der Waals surface area contributed by atoms with E-state index >= 15 is 0 Å². The molecule has 1 saturated heterocycles. The highest BCUT2D eigenvalue weighted by Crippen LogP contribution is 2.30. The van der Waals surface area contributed by atoms with E-state index in [9.17, 15) is 9.18 Å². The second-order valence-electron chi connectivity index (χ2n) is 6.02. The van der Waals surface area contributed by atoms with E-state index in [0.29, 0.717) is 30.4 Å². The maximum Gasteiger partial charge on any atom is 0.257 e. The fourth-order valence-electron chi connectivity index (χ4n) is 3.07. The highest BCUT2D eigenvalue weighted by atomic mass is 32.1. The number of amides is 1. The fraction of sp³-hybridized carbons (Fsp3) is 0.278. The van der Waals surface area contributed by atoms with Crippen molar-refractivity contribution < 1.29 is 13.6 Å². The van der Waals surface area contributed by atoms with E-state index in [2.05, 4.69) is 10.2 Å². The number of piperidine rings is 1. The summed E-state index contributed by atoms with van der Waals surface area (Å²) in [6.45, 7) is 1.15. The number of carbonyl (C=O) groups is 1. The summed E-state index contributed by atoms with van der Waals surface area (Å²) in [6.07, 6.45) is 1.74. The van der Waals surface area contributed by atoms with E-state index in [1.807, 2.05) is 17.5 Å². The lowest BCUT2D eigenvalue weighted by molar-refractivity contribution is 0.0698. The molecule has 1 amide bonds. The van der Waals surface area contributed by atoms with E-state index in [1.54, 1.807) is 28.4 Å². The Labute approximate surface area is 148 Å². The summed E-state index contributed by atoms with van der Waals surface area (Å²) in [6, 6.07) is 9.66. The van der Waals surface area contributed by atoms with Crippen LogP contribution in [0.25, 0.3) is 10.8 Å². The van der Waals surface area contributed by atoms with E-state index in [1.165, 1.54) is 12.1 Å². The van der Waals surface area contributed by atoms with E-state index < -0.39 is 5.82 Å². The normalized spacial score (nSPS) is 17.6. The van der Waals surface area contributed by atoms with Crippen LogP contribution in [-0.4, -0.2) is 34.1 Å². The van der Waals surface area contributed by atoms with Crippen molar-refractivity contribution in [3.8, 4) is 10.8 Å². The standard InChI is InChI=1S/C18H16FN3O2S/c19-14-6-1-4-12(10-14)18(23)22-8-2-5-13(11-22)16-20-21-17(24-16)15-7-3-9-25-15/h1,3-4,6-7,9-10,13H,2,5,8,11H2. The predicted molar refractivity (Wildman–Crippen MR) is 91.9 cm³/mol. The molecule has 5 nitrogen and oxygen atoms in total. The number of hydrogen-bond donors (Lipinski definition) is 0. The molecule has 4 rings (SSSR count). The first-order valence-electron chi connectivity index (χ1n) is 8.13. The molecule has 0 N–H and O–H groups in total. The number of halogens is 1. The number of carbonyl (C=O) groups excluding carboxylic acids is 1. The van der Waals surface area contributed by atoms with Crippen LogP contribution in [0.3, 0.4) is 0 Å². The molecule has 0 spiro atoms. The molecule has 0 bridgehead atoms. The van der Waals surface area contributed by atoms with Crippen LogP contribution < -0.4 is 0 Å². The van der Waals surface area contributed by atoms with Gasteiger partial charge >= 0.3 is 0 Å². The molecule has 25 heavy (non-hydrogen) atoms. The fourth-order valence-corrected chi connectivity index (χ4v) is 3.71. The van der Waals surface area contributed by atoms with Gasteiger partial charge in [-0.15, -0.1) is 21.5 Å². The number of rotatable bonds is 3. The van der Waals surface area contributed by atoms with Crippen LogP contribution in [0.5, 0.6) is 0 Å². The van der Waals surface area contributed by atoms with Crippen molar-refractivity contribution >= 4 is 17.2 Å². The molecule has 1 unspecified atom stereocenters. The van der Waals surface area contributed by atoms with Gasteiger partial charge in [0, 0.05) is 18.7 Å². The number of benzene rings is 1. The average molecular weight is 357 g/mol. The number of hydrogen-bond acceptors (Lipinski definition) is 5. The van der Waals surface area contributed by atoms with Crippen molar-refractivity contribution in [1.29, 1.82) is 0 Å². The van der Waals surface area contributed by atoms with Gasteiger partial charge in [0.2, 0.25) is 5.89 Å². The van der Waals surface area contributed by atoms with Gasteiger partial charge in [-0.25, -0.2) is 4.39 Å². The van der Waals surface area contributed by atoms with Gasteiger partial charge in [-0.2, -0.15) is 0 Å². The zero-order valence-electron chi connectivity index (χ0n) is 13.4. The predicted octanol–water partition coefficient (Wildman–Crippen LogP) is 3.96. The summed E-state index contributed by atoms with van der Waals surface area (Å²) in [7, 11) is 0. The van der Waals surface area contributed by atoms with Crippen molar-refractivity contribution in [3.63, 3.8) is 0 Å². The monoisotopic (exact) mass is 357 g/mol. The minimum absolute atomic E-state index is 0.00692. The largest absolute Gasteiger partial charge is 0.420 e. The minimum atomic E-state index is -0.406. The Balaban J connectivity index is 1.50. The van der Waals surface area contributed by atoms with Gasteiger partial charge in [-0.1, -0.05) is 12.1 Å². The number of nitrogens with zero attached hydrogens (tertiary/aromatic N) is 3. The van der Waals surface area contributed by atoms with Crippen molar-refractivity contribution in [2.45, 2.75) is 18.8 Å². The van der Waals surface area contributed by atoms with E-state index in [-0.39, 0.29) is 11.8 Å². The molecular weight excluding hydrogens is 341 g/mol. The molecule has 7 heteroatoms. The SMILES string of the molecule is O=C(c1cccc(F)c1)N1CCCC(c2nnc(-c3cccs3)o2)C1. The van der Waals surface area contributed by atoms with E-state index in [4.69, 9.17) is 4.42 Å². The van der Waals surface area contributed by atoms with Crippen LogP contribution >= 0.6 is 11.3 Å². The Bertz CT molecular complexity index is 878. The van der Waals surface area contributed by atoms with Crippen LogP contribution in [0.2, 0.25) is 0 Å². The highest BCUT2D eigenvalue weighted by Gasteiger charge is 2.29. The summed E-state index contributed by atoms with van der Waals surface area (Å²) in [5.74, 6) is 0.505. The Morgan fingerprint density at radius 2 is 2.20 bits per heavy atom. The molecule has 3 aromatic rings. The van der Waals surface area contributed by atoms with Gasteiger partial charge in [0.05, 0.1) is 10.8 Å². The summed E-state index contributed by atoms with van der Waals surface area (Å²) in [5, 5.41) is 10.2. The van der Waals surface area contributed by atoms with Crippen LogP contribution in [0, 0.1) is 5.82 Å². The molecule has 1 aromatic carbocycles. The lowest BCUT2D eigenvalue weighted by atomic mass is 9.97. The van der Waals surface area contributed by atoms with Crippen molar-refractivity contribution in [2.24, 2.45) is 0 Å². The molecule has 2 aromatic heterocycles. The van der Waals surface area contributed by atoms with Gasteiger partial charge in [0.1, 0.15) is 5.82 Å². The molecule has 1 atom stereocenters. The van der Waals surface area contributed by atoms with Gasteiger partial charge < -0.3 is 9.32 Å². The molecule has 1 aliphatic heterocycles. The molecule has 0 saturated carbocycles. The lowest BCUT2D eigenvalue weighted by Gasteiger charge is -2.31. The second-order valence-corrected chi connectivity index (χ2v) is 6.97. The summed E-state index contributed by atoms with van der Waals surface area (Å²) < 4.78 is 19.2. The first kappa shape index (κ1) is 16.0.